The van der Waals surface area contributed by atoms with Crippen LogP contribution in [0.5, 0.6) is 17.2 Å². The van der Waals surface area contributed by atoms with Crippen LogP contribution in [0.3, 0.4) is 0 Å². The molecule has 4 rings (SSSR count). The molecular weight excluding hydrogens is 552 g/mol. The maximum Gasteiger partial charge on any atom is 0.284 e. The first kappa shape index (κ1) is 28.7. The molecule has 0 saturated carbocycles. The van der Waals surface area contributed by atoms with Gasteiger partial charge in [-0.3, -0.25) is 0 Å². The third kappa shape index (κ3) is 5.80. The lowest BCUT2D eigenvalue weighted by Crippen LogP contribution is -2.18. The third-order valence-corrected chi connectivity index (χ3v) is 9.43. The summed E-state index contributed by atoms with van der Waals surface area (Å²) in [6, 6.07) is 21.4. The first-order valence-corrected chi connectivity index (χ1v) is 14.9. The van der Waals surface area contributed by atoms with Crippen molar-refractivity contribution < 1.29 is 31.4 Å². The summed E-state index contributed by atoms with van der Waals surface area (Å²) in [6.45, 7) is 3.26. The van der Waals surface area contributed by atoms with Crippen molar-refractivity contribution in [3.63, 3.8) is 0 Å². The quantitative estimate of drug-likeness (QED) is 0.167. The van der Waals surface area contributed by atoms with Gasteiger partial charge in [0.2, 0.25) is 9.84 Å². The summed E-state index contributed by atoms with van der Waals surface area (Å²) < 4.78 is 67.9. The zero-order valence-electron chi connectivity index (χ0n) is 22.2. The molecule has 0 saturated heterocycles. The Morgan fingerprint density at radius 1 is 0.750 bits per heavy atom. The van der Waals surface area contributed by atoms with Crippen molar-refractivity contribution in [3.05, 3.63) is 102 Å². The topological polar surface area (TPSA) is 131 Å². The Labute approximate surface area is 233 Å². The number of nitrogens with one attached hydrogen (secondary N) is 1. The van der Waals surface area contributed by atoms with Gasteiger partial charge in [0.25, 0.3) is 10.0 Å². The molecule has 0 fully saturated rings. The molecule has 4 aromatic carbocycles. The molecule has 11 heteroatoms. The van der Waals surface area contributed by atoms with Crippen LogP contribution >= 0.6 is 0 Å². The summed E-state index contributed by atoms with van der Waals surface area (Å²) in [5, 5.41) is 13.9. The first-order valence-electron chi connectivity index (χ1n) is 12.0. The lowest BCUT2D eigenvalue weighted by atomic mass is 10.1. The second kappa shape index (κ2) is 11.4. The number of hydrogen-bond donors (Lipinski definition) is 2. The molecule has 40 heavy (non-hydrogen) atoms. The number of nitrogens with zero attached hydrogens (tertiary/aromatic N) is 1. The van der Waals surface area contributed by atoms with E-state index in [9.17, 15) is 21.9 Å². The van der Waals surface area contributed by atoms with Crippen molar-refractivity contribution in [1.29, 1.82) is 0 Å². The van der Waals surface area contributed by atoms with E-state index in [4.69, 9.17) is 9.47 Å². The predicted octanol–water partition coefficient (Wildman–Crippen LogP) is 5.11. The molecule has 0 radical (unpaired) electrons. The number of phenolic OH excluding ortho intramolecular Hbond substituents is 1. The van der Waals surface area contributed by atoms with E-state index in [1.165, 1.54) is 68.8 Å². The Morgan fingerprint density at radius 2 is 1.27 bits per heavy atom. The highest BCUT2D eigenvalue weighted by Crippen LogP contribution is 2.37. The second-order valence-electron chi connectivity index (χ2n) is 8.78. The third-order valence-electron chi connectivity index (χ3n) is 6.36. The SMILES string of the molecule is COc1ccc(S(=O)(=O)N=C(Nc2cc(S(=O)(=O)c3ccc(OC)cc3)c(O)c(C)c2C)c2ccccc2)cc1. The van der Waals surface area contributed by atoms with Gasteiger partial charge < -0.3 is 19.9 Å². The van der Waals surface area contributed by atoms with Crippen molar-refractivity contribution in [2.24, 2.45) is 4.40 Å². The largest absolute Gasteiger partial charge is 0.506 e. The summed E-state index contributed by atoms with van der Waals surface area (Å²) in [6.07, 6.45) is 0. The predicted molar refractivity (Wildman–Crippen MR) is 153 cm³/mol. The number of anilines is 1. The second-order valence-corrected chi connectivity index (χ2v) is 12.3. The molecule has 0 atom stereocenters. The van der Waals surface area contributed by atoms with Crippen LogP contribution in [0.25, 0.3) is 0 Å². The fourth-order valence-electron chi connectivity index (χ4n) is 3.88. The highest BCUT2D eigenvalue weighted by atomic mass is 32.2. The number of aromatic hydroxyl groups is 1. The monoisotopic (exact) mass is 580 g/mol. The maximum absolute atomic E-state index is 13.5. The number of amidine groups is 1. The minimum atomic E-state index is -4.18. The summed E-state index contributed by atoms with van der Waals surface area (Å²) >= 11 is 0. The molecule has 0 amide bonds. The van der Waals surface area contributed by atoms with Crippen molar-refractivity contribution in [2.45, 2.75) is 28.5 Å². The molecule has 0 aliphatic carbocycles. The molecule has 0 heterocycles. The molecule has 0 unspecified atom stereocenters. The van der Waals surface area contributed by atoms with Gasteiger partial charge in [-0.05, 0) is 79.6 Å². The molecule has 0 aromatic heterocycles. The number of sulfonamides is 1. The summed E-state index contributed by atoms with van der Waals surface area (Å²) in [4.78, 5) is -0.435. The van der Waals surface area contributed by atoms with Crippen LogP contribution in [0.4, 0.5) is 5.69 Å². The molecule has 0 spiro atoms. The molecule has 208 valence electrons. The standard InChI is InChI=1S/C29H28N2O7S2/c1-19-20(2)28(32)27(39(33,34)24-14-10-22(37-3)11-15-24)18-26(19)30-29(21-8-6-5-7-9-21)31-40(35,36)25-16-12-23(38-4)13-17-25/h5-18,32H,1-4H3,(H,30,31). The van der Waals surface area contributed by atoms with Crippen LogP contribution in [-0.2, 0) is 19.9 Å². The molecular formula is C29H28N2O7S2. The van der Waals surface area contributed by atoms with Crippen molar-refractivity contribution in [3.8, 4) is 17.2 Å². The van der Waals surface area contributed by atoms with Crippen LogP contribution in [-0.4, -0.2) is 42.0 Å². The van der Waals surface area contributed by atoms with Gasteiger partial charge in [0.15, 0.2) is 5.84 Å². The highest BCUT2D eigenvalue weighted by Gasteiger charge is 2.26. The Kier molecular flexibility index (Phi) is 8.17. The van der Waals surface area contributed by atoms with Crippen molar-refractivity contribution in [2.75, 3.05) is 19.5 Å². The van der Waals surface area contributed by atoms with Crippen LogP contribution < -0.4 is 14.8 Å². The average Bonchev–Trinajstić information content (AvgIpc) is 2.97. The minimum Gasteiger partial charge on any atom is -0.506 e. The normalized spacial score (nSPS) is 12.2. The van der Waals surface area contributed by atoms with E-state index >= 15 is 0 Å². The fourth-order valence-corrected chi connectivity index (χ4v) is 6.29. The van der Waals surface area contributed by atoms with Gasteiger partial charge in [0, 0.05) is 11.3 Å². The van der Waals surface area contributed by atoms with E-state index in [1.54, 1.807) is 44.2 Å². The van der Waals surface area contributed by atoms with Gasteiger partial charge in [0.05, 0.1) is 24.0 Å². The number of rotatable bonds is 8. The molecule has 9 nitrogen and oxygen atoms in total. The zero-order valence-corrected chi connectivity index (χ0v) is 23.9. The van der Waals surface area contributed by atoms with E-state index < -0.39 is 25.6 Å². The molecule has 0 aliphatic heterocycles. The van der Waals surface area contributed by atoms with Crippen LogP contribution in [0.15, 0.2) is 104 Å². The Morgan fingerprint density at radius 3 is 1.80 bits per heavy atom. The van der Waals surface area contributed by atoms with E-state index in [1.807, 2.05) is 0 Å². The molecule has 0 bridgehead atoms. The fraction of sp³-hybridized carbons (Fsp3) is 0.138. The summed E-state index contributed by atoms with van der Waals surface area (Å²) in [5.41, 5.74) is 1.53. The smallest absolute Gasteiger partial charge is 0.284 e. The van der Waals surface area contributed by atoms with Gasteiger partial charge in [-0.15, -0.1) is 4.40 Å². The lowest BCUT2D eigenvalue weighted by molar-refractivity contribution is 0.414. The van der Waals surface area contributed by atoms with Gasteiger partial charge in [0.1, 0.15) is 22.1 Å². The van der Waals surface area contributed by atoms with Gasteiger partial charge in [-0.2, -0.15) is 8.42 Å². The number of benzene rings is 4. The molecule has 2 N–H and O–H groups in total. The van der Waals surface area contributed by atoms with Gasteiger partial charge >= 0.3 is 0 Å². The van der Waals surface area contributed by atoms with Crippen molar-refractivity contribution in [1.82, 2.24) is 0 Å². The van der Waals surface area contributed by atoms with E-state index in [-0.39, 0.29) is 26.2 Å². The Bertz CT molecular complexity index is 1770. The maximum atomic E-state index is 13.5. The van der Waals surface area contributed by atoms with Crippen LogP contribution in [0.1, 0.15) is 16.7 Å². The molecule has 4 aromatic rings. The lowest BCUT2D eigenvalue weighted by Gasteiger charge is -2.18. The van der Waals surface area contributed by atoms with E-state index in [0.717, 1.165) is 0 Å². The van der Waals surface area contributed by atoms with E-state index in [2.05, 4.69) is 9.71 Å². The van der Waals surface area contributed by atoms with Crippen molar-refractivity contribution >= 4 is 31.4 Å². The Balaban J connectivity index is 1.84. The van der Waals surface area contributed by atoms with Gasteiger partial charge in [-0.25, -0.2) is 8.42 Å². The summed E-state index contributed by atoms with van der Waals surface area (Å²) in [5.74, 6) is 0.540. The Hall–Kier alpha value is -4.35. The number of sulfone groups is 1. The number of methoxy groups -OCH3 is 2. The van der Waals surface area contributed by atoms with Gasteiger partial charge in [-0.1, -0.05) is 30.3 Å². The number of phenols is 1. The van der Waals surface area contributed by atoms with Crippen LogP contribution in [0.2, 0.25) is 0 Å². The zero-order chi connectivity index (χ0) is 29.1. The number of ether oxygens (including phenoxy) is 2. The van der Waals surface area contributed by atoms with E-state index in [0.29, 0.717) is 28.2 Å². The van der Waals surface area contributed by atoms with Crippen LogP contribution in [0, 0.1) is 13.8 Å². The summed E-state index contributed by atoms with van der Waals surface area (Å²) in [7, 11) is -5.39. The number of hydrogen-bond acceptors (Lipinski definition) is 7. The first-order chi connectivity index (χ1) is 19.0. The highest BCUT2D eigenvalue weighted by molar-refractivity contribution is 7.91. The minimum absolute atomic E-state index is 0.0302. The molecule has 0 aliphatic rings. The average molecular weight is 581 g/mol.